The van der Waals surface area contributed by atoms with Crippen LogP contribution in [0.3, 0.4) is 0 Å². The average Bonchev–Trinajstić information content (AvgIpc) is 3.20. The van der Waals surface area contributed by atoms with Crippen LogP contribution in [-0.4, -0.2) is 23.5 Å². The molecule has 0 heterocycles. The van der Waals surface area contributed by atoms with E-state index in [9.17, 15) is 9.59 Å². The van der Waals surface area contributed by atoms with Gasteiger partial charge in [-0.2, -0.15) is 0 Å². The summed E-state index contributed by atoms with van der Waals surface area (Å²) in [4.78, 5) is 22.6. The van der Waals surface area contributed by atoms with Crippen LogP contribution in [0.5, 0.6) is 0 Å². The molecule has 0 bridgehead atoms. The number of carboxylic acid groups (broad SMARTS) is 1. The summed E-state index contributed by atoms with van der Waals surface area (Å²) >= 11 is 0. The van der Waals surface area contributed by atoms with E-state index in [4.69, 9.17) is 5.11 Å². The third-order valence-corrected chi connectivity index (χ3v) is 3.91. The van der Waals surface area contributed by atoms with Crippen LogP contribution in [0.2, 0.25) is 0 Å². The number of hydrogen-bond donors (Lipinski definition) is 2. The fourth-order valence-electron chi connectivity index (χ4n) is 2.21. The Morgan fingerprint density at radius 1 is 1.26 bits per heavy atom. The Labute approximate surface area is 112 Å². The lowest BCUT2D eigenvalue weighted by Crippen LogP contribution is -2.33. The van der Waals surface area contributed by atoms with E-state index >= 15 is 0 Å². The molecule has 0 unspecified atom stereocenters. The van der Waals surface area contributed by atoms with Crippen molar-refractivity contribution in [2.75, 3.05) is 6.54 Å². The molecule has 1 aromatic rings. The summed E-state index contributed by atoms with van der Waals surface area (Å²) < 4.78 is 0. The topological polar surface area (TPSA) is 66.4 Å². The van der Waals surface area contributed by atoms with Crippen LogP contribution in [0.25, 0.3) is 0 Å². The molecule has 0 aromatic heterocycles. The fourth-order valence-corrected chi connectivity index (χ4v) is 2.21. The zero-order valence-corrected chi connectivity index (χ0v) is 11.1. The summed E-state index contributed by atoms with van der Waals surface area (Å²) in [5.74, 6) is -0.754. The Kier molecular flexibility index (Phi) is 3.88. The van der Waals surface area contributed by atoms with Crippen molar-refractivity contribution in [2.24, 2.45) is 5.41 Å². The molecule has 1 aliphatic carbocycles. The molecule has 19 heavy (non-hydrogen) atoms. The summed E-state index contributed by atoms with van der Waals surface area (Å²) in [6.45, 7) is 2.66. The highest BCUT2D eigenvalue weighted by atomic mass is 16.4. The molecule has 0 spiro atoms. The number of carbonyl (C=O) groups excluding carboxylic acids is 1. The molecule has 1 amide bonds. The normalized spacial score (nSPS) is 15.8. The molecule has 1 aliphatic rings. The number of benzene rings is 1. The standard InChI is InChI=1S/C15H19NO3/c1-2-15(8-9-15)14(19)16-10-7-11-3-5-12(6-4-11)13(17)18/h3-6H,2,7-10H2,1H3,(H,16,19)(H,17,18). The number of aromatic carboxylic acids is 1. The Morgan fingerprint density at radius 2 is 1.89 bits per heavy atom. The van der Waals surface area contributed by atoms with E-state index in [1.807, 2.05) is 0 Å². The number of amides is 1. The van der Waals surface area contributed by atoms with E-state index in [1.54, 1.807) is 24.3 Å². The second kappa shape index (κ2) is 5.43. The lowest BCUT2D eigenvalue weighted by Gasteiger charge is -2.12. The van der Waals surface area contributed by atoms with Crippen LogP contribution in [0.1, 0.15) is 42.1 Å². The van der Waals surface area contributed by atoms with Crippen LogP contribution >= 0.6 is 0 Å². The van der Waals surface area contributed by atoms with Gasteiger partial charge in [-0.25, -0.2) is 4.79 Å². The summed E-state index contributed by atoms with van der Waals surface area (Å²) in [7, 11) is 0. The summed E-state index contributed by atoms with van der Waals surface area (Å²) in [6.07, 6.45) is 3.64. The maximum absolute atomic E-state index is 11.9. The highest BCUT2D eigenvalue weighted by molar-refractivity contribution is 5.87. The first-order valence-corrected chi connectivity index (χ1v) is 6.68. The highest BCUT2D eigenvalue weighted by Gasteiger charge is 2.47. The van der Waals surface area contributed by atoms with Gasteiger partial charge in [0.05, 0.1) is 5.56 Å². The molecule has 1 fully saturated rings. The van der Waals surface area contributed by atoms with E-state index in [0.717, 1.165) is 31.2 Å². The third-order valence-electron chi connectivity index (χ3n) is 3.91. The number of hydrogen-bond acceptors (Lipinski definition) is 2. The maximum Gasteiger partial charge on any atom is 0.335 e. The fraction of sp³-hybridized carbons (Fsp3) is 0.467. The van der Waals surface area contributed by atoms with E-state index in [0.29, 0.717) is 6.54 Å². The molecule has 0 saturated heterocycles. The molecule has 0 atom stereocenters. The van der Waals surface area contributed by atoms with Crippen LogP contribution < -0.4 is 5.32 Å². The summed E-state index contributed by atoms with van der Waals surface area (Å²) in [5, 5.41) is 11.8. The van der Waals surface area contributed by atoms with Gasteiger partial charge in [0.25, 0.3) is 0 Å². The van der Waals surface area contributed by atoms with Crippen molar-refractivity contribution in [3.05, 3.63) is 35.4 Å². The van der Waals surface area contributed by atoms with Crippen LogP contribution in [0.4, 0.5) is 0 Å². The van der Waals surface area contributed by atoms with Gasteiger partial charge < -0.3 is 10.4 Å². The van der Waals surface area contributed by atoms with Crippen molar-refractivity contribution >= 4 is 11.9 Å². The van der Waals surface area contributed by atoms with Crippen molar-refractivity contribution in [3.8, 4) is 0 Å². The smallest absolute Gasteiger partial charge is 0.335 e. The molecule has 2 rings (SSSR count). The predicted octanol–water partition coefficient (Wildman–Crippen LogP) is 2.23. The quantitative estimate of drug-likeness (QED) is 0.825. The van der Waals surface area contributed by atoms with Crippen LogP contribution in [-0.2, 0) is 11.2 Å². The second-order valence-corrected chi connectivity index (χ2v) is 5.14. The van der Waals surface area contributed by atoms with Gasteiger partial charge in [0, 0.05) is 12.0 Å². The minimum absolute atomic E-state index is 0.0901. The zero-order valence-electron chi connectivity index (χ0n) is 11.1. The maximum atomic E-state index is 11.9. The van der Waals surface area contributed by atoms with Crippen molar-refractivity contribution in [1.29, 1.82) is 0 Å². The predicted molar refractivity (Wildman–Crippen MR) is 72.1 cm³/mol. The minimum atomic E-state index is -0.918. The molecule has 0 aliphatic heterocycles. The molecule has 4 heteroatoms. The number of rotatable bonds is 6. The van der Waals surface area contributed by atoms with Gasteiger partial charge >= 0.3 is 5.97 Å². The zero-order chi connectivity index (χ0) is 13.9. The molecule has 0 radical (unpaired) electrons. The molecule has 102 valence electrons. The highest BCUT2D eigenvalue weighted by Crippen LogP contribution is 2.48. The van der Waals surface area contributed by atoms with E-state index in [2.05, 4.69) is 12.2 Å². The van der Waals surface area contributed by atoms with Crippen molar-refractivity contribution in [2.45, 2.75) is 32.6 Å². The minimum Gasteiger partial charge on any atom is -0.478 e. The first-order valence-electron chi connectivity index (χ1n) is 6.68. The molecule has 2 N–H and O–H groups in total. The Morgan fingerprint density at radius 3 is 2.37 bits per heavy atom. The van der Waals surface area contributed by atoms with Gasteiger partial charge in [-0.15, -0.1) is 0 Å². The lowest BCUT2D eigenvalue weighted by atomic mass is 10.0. The molecular weight excluding hydrogens is 242 g/mol. The largest absolute Gasteiger partial charge is 0.478 e. The summed E-state index contributed by atoms with van der Waals surface area (Å²) in [5.41, 5.74) is 1.23. The van der Waals surface area contributed by atoms with Gasteiger partial charge in [0.1, 0.15) is 0 Å². The van der Waals surface area contributed by atoms with Crippen molar-refractivity contribution < 1.29 is 14.7 Å². The van der Waals surface area contributed by atoms with Crippen LogP contribution in [0, 0.1) is 5.41 Å². The van der Waals surface area contributed by atoms with Crippen molar-refractivity contribution in [3.63, 3.8) is 0 Å². The average molecular weight is 261 g/mol. The first-order chi connectivity index (χ1) is 9.07. The SMILES string of the molecule is CCC1(C(=O)NCCc2ccc(C(=O)O)cc2)CC1. The monoisotopic (exact) mass is 261 g/mol. The second-order valence-electron chi connectivity index (χ2n) is 5.14. The van der Waals surface area contributed by atoms with Crippen molar-refractivity contribution in [1.82, 2.24) is 5.32 Å². The van der Waals surface area contributed by atoms with Gasteiger partial charge in [0.15, 0.2) is 0 Å². The van der Waals surface area contributed by atoms with Gasteiger partial charge in [-0.3, -0.25) is 4.79 Å². The first kappa shape index (κ1) is 13.6. The Hall–Kier alpha value is -1.84. The Bertz CT molecular complexity index is 475. The molecule has 4 nitrogen and oxygen atoms in total. The van der Waals surface area contributed by atoms with E-state index < -0.39 is 5.97 Å². The number of nitrogens with one attached hydrogen (secondary N) is 1. The Balaban J connectivity index is 1.79. The van der Waals surface area contributed by atoms with Crippen LogP contribution in [0.15, 0.2) is 24.3 Å². The van der Waals surface area contributed by atoms with Gasteiger partial charge in [-0.1, -0.05) is 19.1 Å². The molecule has 1 saturated carbocycles. The van der Waals surface area contributed by atoms with E-state index in [1.165, 1.54) is 0 Å². The summed E-state index contributed by atoms with van der Waals surface area (Å²) in [6, 6.07) is 6.77. The lowest BCUT2D eigenvalue weighted by molar-refractivity contribution is -0.126. The third kappa shape index (κ3) is 3.13. The number of carbonyl (C=O) groups is 2. The van der Waals surface area contributed by atoms with Gasteiger partial charge in [0.2, 0.25) is 5.91 Å². The molecular formula is C15H19NO3. The number of carboxylic acids is 1. The van der Waals surface area contributed by atoms with Gasteiger partial charge in [-0.05, 0) is 43.4 Å². The molecule has 1 aromatic carbocycles. The van der Waals surface area contributed by atoms with E-state index in [-0.39, 0.29) is 16.9 Å².